The molecule has 1 fully saturated rings. The van der Waals surface area contributed by atoms with Crippen LogP contribution < -0.4 is 10.5 Å². The van der Waals surface area contributed by atoms with Crippen molar-refractivity contribution in [1.82, 2.24) is 4.90 Å². The first kappa shape index (κ1) is 13.9. The summed E-state index contributed by atoms with van der Waals surface area (Å²) in [6.45, 7) is 3.57. The van der Waals surface area contributed by atoms with Gasteiger partial charge < -0.3 is 15.4 Å². The quantitative estimate of drug-likeness (QED) is 0.817. The maximum Gasteiger partial charge on any atom is 0.260 e. The van der Waals surface area contributed by atoms with Crippen LogP contribution in [0.5, 0.6) is 5.75 Å². The van der Waals surface area contributed by atoms with Gasteiger partial charge in [0.15, 0.2) is 6.61 Å². The number of rotatable bonds is 7. The summed E-state index contributed by atoms with van der Waals surface area (Å²) in [6, 6.07) is 8.01. The summed E-state index contributed by atoms with van der Waals surface area (Å²) in [5.41, 5.74) is 6.59. The van der Waals surface area contributed by atoms with Crippen LogP contribution in [0.1, 0.15) is 31.7 Å². The summed E-state index contributed by atoms with van der Waals surface area (Å²) in [5, 5.41) is 0. The lowest BCUT2D eigenvalue weighted by Crippen LogP contribution is -2.37. The predicted molar refractivity (Wildman–Crippen MR) is 74.9 cm³/mol. The van der Waals surface area contributed by atoms with E-state index in [4.69, 9.17) is 10.5 Å². The van der Waals surface area contributed by atoms with Crippen molar-refractivity contribution in [2.45, 2.75) is 38.8 Å². The molecular weight excluding hydrogens is 240 g/mol. The number of nitrogens with two attached hydrogens (primary N) is 1. The average molecular weight is 262 g/mol. The fourth-order valence-corrected chi connectivity index (χ4v) is 2.09. The molecule has 1 saturated carbocycles. The molecule has 0 spiro atoms. The van der Waals surface area contributed by atoms with E-state index in [1.54, 1.807) is 0 Å². The minimum Gasteiger partial charge on any atom is -0.484 e. The second kappa shape index (κ2) is 6.57. The van der Waals surface area contributed by atoms with Crippen molar-refractivity contribution in [3.05, 3.63) is 29.8 Å². The summed E-state index contributed by atoms with van der Waals surface area (Å²) in [4.78, 5) is 14.0. The topological polar surface area (TPSA) is 55.6 Å². The molecule has 0 aliphatic heterocycles. The summed E-state index contributed by atoms with van der Waals surface area (Å²) in [5.74, 6) is 0.810. The van der Waals surface area contributed by atoms with Gasteiger partial charge in [-0.3, -0.25) is 4.79 Å². The Morgan fingerprint density at radius 2 is 2.05 bits per heavy atom. The van der Waals surface area contributed by atoms with Crippen molar-refractivity contribution < 1.29 is 9.53 Å². The minimum atomic E-state index is 0.0900. The van der Waals surface area contributed by atoms with Crippen molar-refractivity contribution in [3.63, 3.8) is 0 Å². The second-order valence-electron chi connectivity index (χ2n) is 4.96. The molecule has 19 heavy (non-hydrogen) atoms. The van der Waals surface area contributed by atoms with E-state index in [1.165, 1.54) is 0 Å². The molecule has 2 N–H and O–H groups in total. The number of ether oxygens (including phenoxy) is 1. The fraction of sp³-hybridized carbons (Fsp3) is 0.533. The number of benzene rings is 1. The van der Waals surface area contributed by atoms with E-state index in [9.17, 15) is 4.79 Å². The zero-order chi connectivity index (χ0) is 13.7. The molecule has 0 radical (unpaired) electrons. The van der Waals surface area contributed by atoms with Gasteiger partial charge in [-0.2, -0.15) is 0 Å². The van der Waals surface area contributed by atoms with Crippen LogP contribution in [0.25, 0.3) is 0 Å². The maximum atomic E-state index is 12.1. The highest BCUT2D eigenvalue weighted by atomic mass is 16.5. The standard InChI is InChI=1S/C15H22N2O2/c1-2-9-17(13-5-6-13)15(18)11-19-14-7-3-12(10-16)4-8-14/h3-4,7-8,13H,2,5-6,9-11,16H2,1H3. The molecule has 0 unspecified atom stereocenters. The lowest BCUT2D eigenvalue weighted by molar-refractivity contribution is -0.134. The van der Waals surface area contributed by atoms with Gasteiger partial charge in [-0.25, -0.2) is 0 Å². The Morgan fingerprint density at radius 3 is 2.58 bits per heavy atom. The number of hydrogen-bond donors (Lipinski definition) is 1. The molecule has 1 aliphatic carbocycles. The third-order valence-corrected chi connectivity index (χ3v) is 3.29. The van der Waals surface area contributed by atoms with Gasteiger partial charge in [0.25, 0.3) is 5.91 Å². The van der Waals surface area contributed by atoms with Gasteiger partial charge in [-0.05, 0) is 37.0 Å². The number of carbonyl (C=O) groups is 1. The zero-order valence-electron chi connectivity index (χ0n) is 11.5. The van der Waals surface area contributed by atoms with E-state index in [1.807, 2.05) is 29.2 Å². The molecule has 0 aromatic heterocycles. The van der Waals surface area contributed by atoms with Crippen molar-refractivity contribution in [3.8, 4) is 5.75 Å². The van der Waals surface area contributed by atoms with E-state index in [2.05, 4.69) is 6.92 Å². The van der Waals surface area contributed by atoms with Gasteiger partial charge in [0.1, 0.15) is 5.75 Å². The highest BCUT2D eigenvalue weighted by Gasteiger charge is 2.31. The first-order valence-corrected chi connectivity index (χ1v) is 6.96. The molecule has 0 heterocycles. The van der Waals surface area contributed by atoms with Gasteiger partial charge >= 0.3 is 0 Å². The first-order valence-electron chi connectivity index (χ1n) is 6.96. The molecular formula is C15H22N2O2. The third-order valence-electron chi connectivity index (χ3n) is 3.29. The van der Waals surface area contributed by atoms with Crippen molar-refractivity contribution in [2.24, 2.45) is 5.73 Å². The van der Waals surface area contributed by atoms with Crippen LogP contribution in [-0.4, -0.2) is 30.0 Å². The van der Waals surface area contributed by atoms with Crippen LogP contribution in [-0.2, 0) is 11.3 Å². The van der Waals surface area contributed by atoms with Crippen LogP contribution in [0, 0.1) is 0 Å². The number of carbonyl (C=O) groups excluding carboxylic acids is 1. The van der Waals surface area contributed by atoms with E-state index in [0.717, 1.165) is 37.1 Å². The van der Waals surface area contributed by atoms with Crippen molar-refractivity contribution in [2.75, 3.05) is 13.2 Å². The van der Waals surface area contributed by atoms with E-state index in [-0.39, 0.29) is 12.5 Å². The lowest BCUT2D eigenvalue weighted by Gasteiger charge is -2.21. The average Bonchev–Trinajstić information content (AvgIpc) is 3.27. The van der Waals surface area contributed by atoms with Crippen LogP contribution in [0.2, 0.25) is 0 Å². The minimum absolute atomic E-state index is 0.0900. The molecule has 1 aromatic carbocycles. The van der Waals surface area contributed by atoms with E-state index in [0.29, 0.717) is 12.6 Å². The predicted octanol–water partition coefficient (Wildman–Crippen LogP) is 1.93. The van der Waals surface area contributed by atoms with Crippen LogP contribution in [0.4, 0.5) is 0 Å². The molecule has 4 nitrogen and oxygen atoms in total. The molecule has 104 valence electrons. The van der Waals surface area contributed by atoms with Gasteiger partial charge in [0.05, 0.1) is 0 Å². The summed E-state index contributed by atoms with van der Waals surface area (Å²) in [6.07, 6.45) is 3.27. The molecule has 2 rings (SSSR count). The van der Waals surface area contributed by atoms with Crippen LogP contribution in [0.15, 0.2) is 24.3 Å². The van der Waals surface area contributed by atoms with Crippen LogP contribution >= 0.6 is 0 Å². The summed E-state index contributed by atoms with van der Waals surface area (Å²) < 4.78 is 5.54. The Hall–Kier alpha value is -1.55. The maximum absolute atomic E-state index is 12.1. The lowest BCUT2D eigenvalue weighted by atomic mass is 10.2. The molecule has 0 bridgehead atoms. The zero-order valence-corrected chi connectivity index (χ0v) is 11.5. The largest absolute Gasteiger partial charge is 0.484 e. The SMILES string of the molecule is CCCN(C(=O)COc1ccc(CN)cc1)C1CC1. The normalized spacial score (nSPS) is 14.2. The third kappa shape index (κ3) is 3.96. The van der Waals surface area contributed by atoms with Gasteiger partial charge in [0.2, 0.25) is 0 Å². The Bertz CT molecular complexity index is 413. The van der Waals surface area contributed by atoms with Crippen molar-refractivity contribution >= 4 is 5.91 Å². The Kier molecular flexibility index (Phi) is 4.80. The Morgan fingerprint density at radius 1 is 1.37 bits per heavy atom. The highest BCUT2D eigenvalue weighted by Crippen LogP contribution is 2.27. The number of hydrogen-bond acceptors (Lipinski definition) is 3. The molecule has 1 aromatic rings. The molecule has 1 amide bonds. The van der Waals surface area contributed by atoms with Gasteiger partial charge in [0, 0.05) is 19.1 Å². The summed E-state index contributed by atoms with van der Waals surface area (Å²) in [7, 11) is 0. The Labute approximate surface area is 114 Å². The van der Waals surface area contributed by atoms with Crippen molar-refractivity contribution in [1.29, 1.82) is 0 Å². The molecule has 0 atom stereocenters. The monoisotopic (exact) mass is 262 g/mol. The van der Waals surface area contributed by atoms with E-state index < -0.39 is 0 Å². The van der Waals surface area contributed by atoms with Gasteiger partial charge in [-0.15, -0.1) is 0 Å². The van der Waals surface area contributed by atoms with E-state index >= 15 is 0 Å². The molecule has 0 saturated heterocycles. The molecule has 4 heteroatoms. The summed E-state index contributed by atoms with van der Waals surface area (Å²) >= 11 is 0. The second-order valence-corrected chi connectivity index (χ2v) is 4.96. The molecule has 1 aliphatic rings. The van der Waals surface area contributed by atoms with Crippen LogP contribution in [0.3, 0.4) is 0 Å². The number of amides is 1. The fourth-order valence-electron chi connectivity index (χ4n) is 2.09. The Balaban J connectivity index is 1.84. The number of nitrogens with zero attached hydrogens (tertiary/aromatic N) is 1. The smallest absolute Gasteiger partial charge is 0.260 e. The first-order chi connectivity index (χ1) is 9.24. The highest BCUT2D eigenvalue weighted by molar-refractivity contribution is 5.78. The van der Waals surface area contributed by atoms with Gasteiger partial charge in [-0.1, -0.05) is 19.1 Å².